The Bertz CT molecular complexity index is 431. The predicted molar refractivity (Wildman–Crippen MR) is 57.3 cm³/mol. The zero-order chi connectivity index (χ0) is 10.7. The van der Waals surface area contributed by atoms with Gasteiger partial charge in [-0.2, -0.15) is 0 Å². The van der Waals surface area contributed by atoms with Crippen molar-refractivity contribution in [3.05, 3.63) is 42.9 Å². The molecule has 0 aliphatic rings. The Kier molecular flexibility index (Phi) is 2.76. The summed E-state index contributed by atoms with van der Waals surface area (Å²) in [7, 11) is -1.52. The van der Waals surface area contributed by atoms with Crippen molar-refractivity contribution in [2.24, 2.45) is 0 Å². The Morgan fingerprint density at radius 2 is 1.80 bits per heavy atom. The lowest BCUT2D eigenvalue weighted by Crippen LogP contribution is -2.32. The highest BCUT2D eigenvalue weighted by Gasteiger charge is 2.11. The molecule has 0 bridgehead atoms. The molecule has 2 heterocycles. The van der Waals surface area contributed by atoms with Gasteiger partial charge in [-0.05, 0) is 12.1 Å². The van der Waals surface area contributed by atoms with E-state index < -0.39 is 7.12 Å². The van der Waals surface area contributed by atoms with Crippen molar-refractivity contribution in [3.63, 3.8) is 0 Å². The highest BCUT2D eigenvalue weighted by molar-refractivity contribution is 6.57. The SMILES string of the molecule is OB(O)c1ccc(-c2cccnc2)cn1. The summed E-state index contributed by atoms with van der Waals surface area (Å²) in [6.07, 6.45) is 5.01. The Labute approximate surface area is 87.4 Å². The molecule has 0 aliphatic carbocycles. The van der Waals surface area contributed by atoms with E-state index in [2.05, 4.69) is 9.97 Å². The molecule has 0 unspecified atom stereocenters. The summed E-state index contributed by atoms with van der Waals surface area (Å²) in [6.45, 7) is 0. The van der Waals surface area contributed by atoms with Crippen LogP contribution in [-0.4, -0.2) is 27.1 Å². The Morgan fingerprint density at radius 1 is 1.00 bits per heavy atom. The number of aromatic nitrogens is 2. The molecule has 2 aromatic rings. The van der Waals surface area contributed by atoms with Crippen LogP contribution in [0.25, 0.3) is 11.1 Å². The standard InChI is InChI=1S/C10H9BN2O2/c14-11(15)10-4-3-9(7-13-10)8-2-1-5-12-6-8/h1-7,14-15H. The van der Waals surface area contributed by atoms with Gasteiger partial charge in [-0.25, -0.2) is 0 Å². The minimum absolute atomic E-state index is 0.239. The number of nitrogens with zero attached hydrogens (tertiary/aromatic N) is 2. The molecule has 2 N–H and O–H groups in total. The molecular weight excluding hydrogens is 191 g/mol. The van der Waals surface area contributed by atoms with Crippen LogP contribution in [0.3, 0.4) is 0 Å². The third-order valence-corrected chi connectivity index (χ3v) is 2.05. The molecule has 4 nitrogen and oxygen atoms in total. The van der Waals surface area contributed by atoms with E-state index in [-0.39, 0.29) is 5.59 Å². The van der Waals surface area contributed by atoms with Crippen LogP contribution in [0.4, 0.5) is 0 Å². The Morgan fingerprint density at radius 3 is 2.33 bits per heavy atom. The van der Waals surface area contributed by atoms with Gasteiger partial charge in [0.25, 0.3) is 0 Å². The van der Waals surface area contributed by atoms with Crippen LogP contribution in [0.5, 0.6) is 0 Å². The van der Waals surface area contributed by atoms with Crippen molar-refractivity contribution in [3.8, 4) is 11.1 Å². The topological polar surface area (TPSA) is 66.2 Å². The molecule has 0 spiro atoms. The first-order valence-electron chi connectivity index (χ1n) is 4.50. The summed E-state index contributed by atoms with van der Waals surface area (Å²) < 4.78 is 0. The molecule has 0 aliphatic heterocycles. The smallest absolute Gasteiger partial charge is 0.422 e. The van der Waals surface area contributed by atoms with Crippen molar-refractivity contribution in [1.82, 2.24) is 9.97 Å². The third-order valence-electron chi connectivity index (χ3n) is 2.05. The van der Waals surface area contributed by atoms with Crippen LogP contribution >= 0.6 is 0 Å². The average Bonchev–Trinajstić information content (AvgIpc) is 2.30. The van der Waals surface area contributed by atoms with E-state index in [9.17, 15) is 0 Å². The second kappa shape index (κ2) is 4.21. The second-order valence-corrected chi connectivity index (χ2v) is 3.09. The molecule has 0 atom stereocenters. The van der Waals surface area contributed by atoms with E-state index in [0.29, 0.717) is 0 Å². The molecule has 0 saturated heterocycles. The van der Waals surface area contributed by atoms with E-state index in [1.165, 1.54) is 0 Å². The molecule has 2 rings (SSSR count). The van der Waals surface area contributed by atoms with Crippen molar-refractivity contribution in [2.45, 2.75) is 0 Å². The second-order valence-electron chi connectivity index (χ2n) is 3.09. The van der Waals surface area contributed by atoms with E-state index in [0.717, 1.165) is 11.1 Å². The Hall–Kier alpha value is -1.72. The largest absolute Gasteiger partial charge is 0.508 e. The minimum Gasteiger partial charge on any atom is -0.422 e. The molecular formula is C10H9BN2O2. The average molecular weight is 200 g/mol. The van der Waals surface area contributed by atoms with Gasteiger partial charge in [0, 0.05) is 29.7 Å². The first kappa shape index (κ1) is 9.83. The van der Waals surface area contributed by atoms with Gasteiger partial charge in [0.1, 0.15) is 0 Å². The van der Waals surface area contributed by atoms with Crippen LogP contribution < -0.4 is 5.59 Å². The summed E-state index contributed by atoms with van der Waals surface area (Å²) >= 11 is 0. The van der Waals surface area contributed by atoms with Crippen LogP contribution in [0.2, 0.25) is 0 Å². The lowest BCUT2D eigenvalue weighted by molar-refractivity contribution is 0.424. The lowest BCUT2D eigenvalue weighted by Gasteiger charge is -2.01. The van der Waals surface area contributed by atoms with Crippen molar-refractivity contribution in [1.29, 1.82) is 0 Å². The normalized spacial score (nSPS) is 10.0. The van der Waals surface area contributed by atoms with Crippen LogP contribution in [0, 0.1) is 0 Å². The minimum atomic E-state index is -1.52. The molecule has 15 heavy (non-hydrogen) atoms. The zero-order valence-electron chi connectivity index (χ0n) is 7.91. The molecule has 2 aromatic heterocycles. The first-order valence-corrected chi connectivity index (χ1v) is 4.50. The fourth-order valence-corrected chi connectivity index (χ4v) is 1.26. The van der Waals surface area contributed by atoms with Crippen LogP contribution in [-0.2, 0) is 0 Å². The van der Waals surface area contributed by atoms with Gasteiger partial charge in [0.05, 0.1) is 5.59 Å². The molecule has 5 heteroatoms. The van der Waals surface area contributed by atoms with Gasteiger partial charge in [0.2, 0.25) is 0 Å². The monoisotopic (exact) mass is 200 g/mol. The molecule has 0 radical (unpaired) electrons. The van der Waals surface area contributed by atoms with Crippen molar-refractivity contribution < 1.29 is 10.0 Å². The van der Waals surface area contributed by atoms with Gasteiger partial charge in [-0.15, -0.1) is 0 Å². The maximum absolute atomic E-state index is 8.87. The summed E-state index contributed by atoms with van der Waals surface area (Å²) in [4.78, 5) is 7.92. The fraction of sp³-hybridized carbons (Fsp3) is 0. The van der Waals surface area contributed by atoms with E-state index in [4.69, 9.17) is 10.0 Å². The van der Waals surface area contributed by atoms with Gasteiger partial charge in [-0.3, -0.25) is 9.97 Å². The quantitative estimate of drug-likeness (QED) is 0.660. The molecule has 0 saturated carbocycles. The van der Waals surface area contributed by atoms with E-state index >= 15 is 0 Å². The van der Waals surface area contributed by atoms with Crippen molar-refractivity contribution >= 4 is 12.7 Å². The number of hydrogen-bond donors (Lipinski definition) is 2. The lowest BCUT2D eigenvalue weighted by atomic mass is 9.85. The van der Waals surface area contributed by atoms with Gasteiger partial charge in [0.15, 0.2) is 0 Å². The van der Waals surface area contributed by atoms with Gasteiger partial charge < -0.3 is 10.0 Å². The molecule has 74 valence electrons. The van der Waals surface area contributed by atoms with Crippen LogP contribution in [0.1, 0.15) is 0 Å². The van der Waals surface area contributed by atoms with Gasteiger partial charge in [-0.1, -0.05) is 12.1 Å². The molecule has 0 aromatic carbocycles. The zero-order valence-corrected chi connectivity index (χ0v) is 7.91. The van der Waals surface area contributed by atoms with E-state index in [1.807, 2.05) is 12.1 Å². The highest BCUT2D eigenvalue weighted by atomic mass is 16.4. The van der Waals surface area contributed by atoms with Gasteiger partial charge >= 0.3 is 7.12 Å². The van der Waals surface area contributed by atoms with Crippen molar-refractivity contribution in [2.75, 3.05) is 0 Å². The molecule has 0 fully saturated rings. The van der Waals surface area contributed by atoms with Crippen LogP contribution in [0.15, 0.2) is 42.9 Å². The summed E-state index contributed by atoms with van der Waals surface area (Å²) in [5.41, 5.74) is 2.08. The first-order chi connectivity index (χ1) is 7.27. The summed E-state index contributed by atoms with van der Waals surface area (Å²) in [5.74, 6) is 0. The number of hydrogen-bond acceptors (Lipinski definition) is 4. The maximum atomic E-state index is 8.87. The predicted octanol–water partition coefficient (Wildman–Crippen LogP) is -0.177. The highest BCUT2D eigenvalue weighted by Crippen LogP contribution is 2.14. The number of pyridine rings is 2. The summed E-state index contributed by atoms with van der Waals surface area (Å²) in [6, 6.07) is 7.11. The third kappa shape index (κ3) is 2.20. The van der Waals surface area contributed by atoms with E-state index in [1.54, 1.807) is 30.7 Å². The molecule has 0 amide bonds. The fourth-order valence-electron chi connectivity index (χ4n) is 1.26. The summed E-state index contributed by atoms with van der Waals surface area (Å²) in [5, 5.41) is 17.7. The Balaban J connectivity index is 2.32. The maximum Gasteiger partial charge on any atom is 0.508 e. The number of rotatable bonds is 2.